The van der Waals surface area contributed by atoms with E-state index in [0.29, 0.717) is 11.6 Å². The molecule has 4 rings (SSSR count). The van der Waals surface area contributed by atoms with Gasteiger partial charge in [0, 0.05) is 23.2 Å². The molecule has 2 amide bonds. The summed E-state index contributed by atoms with van der Waals surface area (Å²) < 4.78 is 39.3. The van der Waals surface area contributed by atoms with Crippen LogP contribution in [0.5, 0.6) is 0 Å². The van der Waals surface area contributed by atoms with Crippen LogP contribution in [-0.4, -0.2) is 16.1 Å². The van der Waals surface area contributed by atoms with Crippen LogP contribution in [0.4, 0.5) is 24.5 Å². The molecule has 0 saturated heterocycles. The summed E-state index contributed by atoms with van der Waals surface area (Å²) in [7, 11) is 0. The first-order valence-corrected chi connectivity index (χ1v) is 11.8. The van der Waals surface area contributed by atoms with Crippen LogP contribution >= 0.6 is 46.4 Å². The van der Waals surface area contributed by atoms with E-state index >= 15 is 0 Å². The van der Waals surface area contributed by atoms with Crippen molar-refractivity contribution in [2.45, 2.75) is 10.3 Å². The lowest BCUT2D eigenvalue weighted by Gasteiger charge is -2.11. The number of anilines is 2. The lowest BCUT2D eigenvalue weighted by molar-refractivity contribution is -0.117. The van der Waals surface area contributed by atoms with E-state index in [1.54, 1.807) is 6.07 Å². The minimum Gasteiger partial charge on any atom is -0.326 e. The van der Waals surface area contributed by atoms with Crippen LogP contribution < -0.4 is 10.6 Å². The van der Waals surface area contributed by atoms with Gasteiger partial charge in [0.25, 0.3) is 5.91 Å². The number of halogens is 7. The number of carbonyl (C=O) groups excluding carboxylic acids is 2. The smallest absolute Gasteiger partial charge is 0.257 e. The minimum atomic E-state index is -1.47. The van der Waals surface area contributed by atoms with Gasteiger partial charge in [-0.1, -0.05) is 35.8 Å². The Kier molecular flexibility index (Phi) is 7.30. The summed E-state index contributed by atoms with van der Waals surface area (Å²) >= 11 is 24.8. The van der Waals surface area contributed by atoms with Gasteiger partial charge in [0.2, 0.25) is 5.91 Å². The lowest BCUT2D eigenvalue weighted by Crippen LogP contribution is -2.18. The highest BCUT2D eigenvalue weighted by atomic mass is 35.5. The second-order valence-corrected chi connectivity index (χ2v) is 10.3. The molecule has 186 valence electrons. The highest BCUT2D eigenvalue weighted by Crippen LogP contribution is 2.65. The van der Waals surface area contributed by atoms with E-state index in [4.69, 9.17) is 46.4 Å². The predicted molar refractivity (Wildman–Crippen MR) is 137 cm³/mol. The number of alkyl halides is 2. The van der Waals surface area contributed by atoms with Crippen molar-refractivity contribution in [3.8, 4) is 0 Å². The Bertz CT molecular complexity index is 1410. The molecule has 1 aliphatic rings. The van der Waals surface area contributed by atoms with Gasteiger partial charge in [0.15, 0.2) is 0 Å². The molecule has 2 N–H and O–H groups in total. The maximum atomic E-state index is 13.9. The van der Waals surface area contributed by atoms with E-state index in [1.807, 2.05) is 0 Å². The van der Waals surface area contributed by atoms with Crippen LogP contribution in [-0.2, 0) is 4.79 Å². The van der Waals surface area contributed by atoms with Crippen LogP contribution in [0.3, 0.4) is 0 Å². The maximum Gasteiger partial charge on any atom is 0.257 e. The molecule has 0 aromatic heterocycles. The summed E-state index contributed by atoms with van der Waals surface area (Å²) in [6.07, 6.45) is 0. The maximum absolute atomic E-state index is 13.9. The summed E-state index contributed by atoms with van der Waals surface area (Å²) in [5.74, 6) is -5.41. The van der Waals surface area contributed by atoms with Gasteiger partial charge >= 0.3 is 0 Å². The van der Waals surface area contributed by atoms with E-state index < -0.39 is 45.4 Å². The zero-order valence-corrected chi connectivity index (χ0v) is 21.0. The van der Waals surface area contributed by atoms with Crippen molar-refractivity contribution in [3.63, 3.8) is 0 Å². The molecule has 36 heavy (non-hydrogen) atoms. The number of carbonyl (C=O) groups is 2. The number of nitrogens with one attached hydrogen (secondary N) is 2. The second kappa shape index (κ2) is 9.98. The first-order valence-electron chi connectivity index (χ1n) is 10.3. The Morgan fingerprint density at radius 2 is 1.56 bits per heavy atom. The largest absolute Gasteiger partial charge is 0.326 e. The molecular weight excluding hydrogens is 559 g/mol. The van der Waals surface area contributed by atoms with Crippen LogP contribution in [0.15, 0.2) is 61.2 Å². The van der Waals surface area contributed by atoms with E-state index in [2.05, 4.69) is 17.2 Å². The van der Waals surface area contributed by atoms with E-state index in [-0.39, 0.29) is 32.5 Å². The molecule has 1 saturated carbocycles. The number of benzene rings is 3. The molecule has 11 heteroatoms. The highest BCUT2D eigenvalue weighted by molar-refractivity contribution is 6.53. The SMILES string of the molecule is C=C(F)c1cc(C2C(C(=O)Nc3ccc(Cl)c(C(=O)Nc4ccc(F)cc4F)c3)C2(Cl)Cl)ccc1Cl. The number of amides is 2. The summed E-state index contributed by atoms with van der Waals surface area (Å²) in [4.78, 5) is 25.6. The van der Waals surface area contributed by atoms with Crippen LogP contribution in [0.1, 0.15) is 27.4 Å². The quantitative estimate of drug-likeness (QED) is 0.294. The molecular formula is C25H15Cl4F3N2O2. The molecule has 1 fully saturated rings. The first-order chi connectivity index (χ1) is 16.9. The van der Waals surface area contributed by atoms with Gasteiger partial charge in [0.05, 0.1) is 27.2 Å². The zero-order chi connectivity index (χ0) is 26.4. The Morgan fingerprint density at radius 3 is 2.22 bits per heavy atom. The van der Waals surface area contributed by atoms with Crippen molar-refractivity contribution in [2.75, 3.05) is 10.6 Å². The molecule has 4 nitrogen and oxygen atoms in total. The molecule has 2 unspecified atom stereocenters. The van der Waals surface area contributed by atoms with Crippen molar-refractivity contribution < 1.29 is 22.8 Å². The third kappa shape index (κ3) is 5.20. The molecule has 3 aromatic rings. The normalized spacial score (nSPS) is 17.9. The Labute approximate surface area is 224 Å². The average Bonchev–Trinajstić information content (AvgIpc) is 3.39. The molecule has 0 aliphatic heterocycles. The Hall–Kier alpha value is -2.71. The fourth-order valence-corrected chi connectivity index (χ4v) is 5.04. The van der Waals surface area contributed by atoms with Gasteiger partial charge in [-0.2, -0.15) is 0 Å². The van der Waals surface area contributed by atoms with Crippen LogP contribution in [0.2, 0.25) is 10.0 Å². The monoisotopic (exact) mass is 572 g/mol. The van der Waals surface area contributed by atoms with Gasteiger partial charge in [0.1, 0.15) is 21.8 Å². The Morgan fingerprint density at radius 1 is 0.889 bits per heavy atom. The second-order valence-electron chi connectivity index (χ2n) is 8.04. The predicted octanol–water partition coefficient (Wildman–Crippen LogP) is 7.99. The van der Waals surface area contributed by atoms with E-state index in [0.717, 1.165) is 12.1 Å². The fraction of sp³-hybridized carbons (Fsp3) is 0.120. The topological polar surface area (TPSA) is 58.2 Å². The molecule has 0 radical (unpaired) electrons. The summed E-state index contributed by atoms with van der Waals surface area (Å²) in [6, 6.07) is 11.3. The third-order valence-electron chi connectivity index (χ3n) is 5.64. The molecule has 0 spiro atoms. The van der Waals surface area contributed by atoms with E-state index in [1.165, 1.54) is 30.3 Å². The van der Waals surface area contributed by atoms with Crippen molar-refractivity contribution in [1.82, 2.24) is 0 Å². The van der Waals surface area contributed by atoms with Gasteiger partial charge < -0.3 is 10.6 Å². The highest BCUT2D eigenvalue weighted by Gasteiger charge is 2.67. The Balaban J connectivity index is 1.52. The molecule has 2 atom stereocenters. The average molecular weight is 574 g/mol. The first kappa shape index (κ1) is 26.4. The minimum absolute atomic E-state index is 0.0292. The van der Waals surface area contributed by atoms with Gasteiger partial charge in [-0.05, 0) is 48.0 Å². The van der Waals surface area contributed by atoms with Crippen molar-refractivity contribution in [1.29, 1.82) is 0 Å². The third-order valence-corrected chi connectivity index (χ3v) is 7.24. The summed E-state index contributed by atoms with van der Waals surface area (Å²) in [5.41, 5.74) is 0.432. The standard InChI is InChI=1S/C25H15Cl4F3N2O2/c1-11(30)15-8-12(2-5-17(15)26)21-22(25(21,28)29)24(36)33-14-4-6-18(27)16(10-14)23(35)34-20-7-3-13(31)9-19(20)32/h2-10,21-22H,1H2,(H,33,36)(H,34,35). The molecule has 0 heterocycles. The van der Waals surface area contributed by atoms with Gasteiger partial charge in [-0.15, -0.1) is 23.2 Å². The van der Waals surface area contributed by atoms with Crippen molar-refractivity contribution in [3.05, 3.63) is 99.5 Å². The fourth-order valence-electron chi connectivity index (χ4n) is 3.79. The van der Waals surface area contributed by atoms with Gasteiger partial charge in [-0.3, -0.25) is 9.59 Å². The summed E-state index contributed by atoms with van der Waals surface area (Å²) in [5, 5.41) is 5.11. The lowest BCUT2D eigenvalue weighted by atomic mass is 10.0. The molecule has 3 aromatic carbocycles. The number of hydrogen-bond acceptors (Lipinski definition) is 2. The van der Waals surface area contributed by atoms with Crippen LogP contribution in [0.25, 0.3) is 5.83 Å². The number of rotatable bonds is 6. The van der Waals surface area contributed by atoms with Crippen molar-refractivity contribution in [2.24, 2.45) is 5.92 Å². The van der Waals surface area contributed by atoms with E-state index in [9.17, 15) is 22.8 Å². The summed E-state index contributed by atoms with van der Waals surface area (Å²) in [6.45, 7) is 3.24. The van der Waals surface area contributed by atoms with Crippen LogP contribution in [0, 0.1) is 17.6 Å². The van der Waals surface area contributed by atoms with Gasteiger partial charge in [-0.25, -0.2) is 13.2 Å². The zero-order valence-electron chi connectivity index (χ0n) is 18.0. The molecule has 0 bridgehead atoms. The molecule has 1 aliphatic carbocycles. The van der Waals surface area contributed by atoms with Crippen molar-refractivity contribution >= 4 is 75.4 Å². The number of hydrogen-bond donors (Lipinski definition) is 2.